The van der Waals surface area contributed by atoms with Gasteiger partial charge < -0.3 is 0 Å². The number of carbonyl (C=O) groups is 2. The molecule has 0 saturated carbocycles. The monoisotopic (exact) mass is 399 g/mol. The van der Waals surface area contributed by atoms with E-state index >= 15 is 0 Å². The zero-order chi connectivity index (χ0) is 16.9. The van der Waals surface area contributed by atoms with E-state index in [1.807, 2.05) is 60.7 Å². The largest absolute Gasteiger partial charge is 0.293 e. The third-order valence-corrected chi connectivity index (χ3v) is 5.19. The number of halogens is 1. The lowest BCUT2D eigenvalue weighted by Gasteiger charge is -2.13. The molecule has 1 heterocycles. The Morgan fingerprint density at radius 1 is 1.00 bits per heavy atom. The number of carbonyl (C=O) groups excluding carboxylic acids is 2. The van der Waals surface area contributed by atoms with Crippen molar-refractivity contribution in [2.75, 3.05) is 0 Å². The van der Waals surface area contributed by atoms with Crippen LogP contribution in [0.3, 0.4) is 0 Å². The fourth-order valence-corrected chi connectivity index (χ4v) is 3.46. The summed E-state index contributed by atoms with van der Waals surface area (Å²) in [6.45, 7) is 0.270. The molecule has 0 aromatic heterocycles. The van der Waals surface area contributed by atoms with E-state index in [9.17, 15) is 9.59 Å². The summed E-state index contributed by atoms with van der Waals surface area (Å²) >= 11 is 4.42. The summed E-state index contributed by atoms with van der Waals surface area (Å²) in [6.07, 6.45) is 5.39. The van der Waals surface area contributed by atoms with Crippen molar-refractivity contribution in [1.82, 2.24) is 4.90 Å². The molecular weight excluding hydrogens is 386 g/mol. The van der Waals surface area contributed by atoms with Gasteiger partial charge in [0.05, 0.1) is 11.4 Å². The van der Waals surface area contributed by atoms with Gasteiger partial charge in [0.15, 0.2) is 0 Å². The van der Waals surface area contributed by atoms with Gasteiger partial charge >= 0.3 is 0 Å². The van der Waals surface area contributed by atoms with Crippen LogP contribution in [0.4, 0.5) is 4.79 Å². The summed E-state index contributed by atoms with van der Waals surface area (Å²) in [7, 11) is 0. The number of thioether (sulfide) groups is 1. The number of hydrogen-bond acceptors (Lipinski definition) is 3. The Hall–Kier alpha value is -2.11. The second-order valence-corrected chi connectivity index (χ2v) is 7.00. The van der Waals surface area contributed by atoms with Crippen molar-refractivity contribution in [3.05, 3.63) is 87.3 Å². The van der Waals surface area contributed by atoms with E-state index in [1.165, 1.54) is 4.90 Å². The molecule has 24 heavy (non-hydrogen) atoms. The number of rotatable bonds is 4. The lowest BCUT2D eigenvalue weighted by Crippen LogP contribution is -2.27. The molecule has 1 aliphatic rings. The van der Waals surface area contributed by atoms with Gasteiger partial charge in [-0.1, -0.05) is 76.6 Å². The highest BCUT2D eigenvalue weighted by Crippen LogP contribution is 2.32. The average molecular weight is 400 g/mol. The minimum atomic E-state index is -0.251. The minimum Gasteiger partial charge on any atom is -0.268 e. The van der Waals surface area contributed by atoms with Gasteiger partial charge in [0, 0.05) is 4.47 Å². The Balaban J connectivity index is 1.73. The maximum Gasteiger partial charge on any atom is 0.293 e. The Bertz CT molecular complexity index is 830. The lowest BCUT2D eigenvalue weighted by atomic mass is 10.2. The Labute approximate surface area is 153 Å². The average Bonchev–Trinajstić information content (AvgIpc) is 2.85. The van der Waals surface area contributed by atoms with Crippen molar-refractivity contribution < 1.29 is 9.59 Å². The molecule has 3 nitrogen and oxygen atoms in total. The van der Waals surface area contributed by atoms with Crippen molar-refractivity contribution in [2.24, 2.45) is 0 Å². The van der Waals surface area contributed by atoms with Crippen LogP contribution in [0.2, 0.25) is 0 Å². The maximum atomic E-state index is 12.4. The second-order valence-electron chi connectivity index (χ2n) is 5.15. The van der Waals surface area contributed by atoms with E-state index in [4.69, 9.17) is 0 Å². The highest BCUT2D eigenvalue weighted by atomic mass is 79.9. The topological polar surface area (TPSA) is 37.4 Å². The Morgan fingerprint density at radius 3 is 2.46 bits per heavy atom. The molecule has 1 fully saturated rings. The molecule has 0 spiro atoms. The first kappa shape index (κ1) is 16.7. The van der Waals surface area contributed by atoms with Gasteiger partial charge in [-0.3, -0.25) is 14.5 Å². The van der Waals surface area contributed by atoms with E-state index in [1.54, 1.807) is 12.2 Å². The number of imide groups is 1. The van der Waals surface area contributed by atoms with Gasteiger partial charge in [0.1, 0.15) is 0 Å². The fourth-order valence-electron chi connectivity index (χ4n) is 2.26. The first-order valence-corrected chi connectivity index (χ1v) is 8.96. The molecule has 0 aliphatic carbocycles. The van der Waals surface area contributed by atoms with Gasteiger partial charge in [0.2, 0.25) is 0 Å². The number of hydrogen-bond donors (Lipinski definition) is 0. The zero-order valence-electron chi connectivity index (χ0n) is 12.7. The third-order valence-electron chi connectivity index (χ3n) is 3.50. The molecule has 1 aliphatic heterocycles. The summed E-state index contributed by atoms with van der Waals surface area (Å²) in [5, 5.41) is -0.241. The predicted molar refractivity (Wildman–Crippen MR) is 101 cm³/mol. The number of benzene rings is 2. The minimum absolute atomic E-state index is 0.241. The van der Waals surface area contributed by atoms with Crippen molar-refractivity contribution >= 4 is 44.9 Å². The normalized spacial score (nSPS) is 16.5. The van der Waals surface area contributed by atoms with Gasteiger partial charge in [0.25, 0.3) is 11.1 Å². The maximum absolute atomic E-state index is 12.4. The molecule has 2 amide bonds. The van der Waals surface area contributed by atoms with Crippen molar-refractivity contribution in [3.63, 3.8) is 0 Å². The number of nitrogens with zero attached hydrogens (tertiary/aromatic N) is 1. The van der Waals surface area contributed by atoms with Crippen LogP contribution in [0.15, 0.2) is 76.1 Å². The van der Waals surface area contributed by atoms with Crippen LogP contribution in [0.5, 0.6) is 0 Å². The van der Waals surface area contributed by atoms with E-state index in [2.05, 4.69) is 15.9 Å². The molecule has 2 aromatic rings. The molecule has 3 rings (SSSR count). The van der Waals surface area contributed by atoms with E-state index in [-0.39, 0.29) is 17.7 Å². The van der Waals surface area contributed by atoms with E-state index in [0.717, 1.165) is 27.4 Å². The van der Waals surface area contributed by atoms with Crippen LogP contribution in [0, 0.1) is 0 Å². The molecule has 0 unspecified atom stereocenters. The highest BCUT2D eigenvalue weighted by molar-refractivity contribution is 9.10. The van der Waals surface area contributed by atoms with Crippen LogP contribution in [0.1, 0.15) is 11.1 Å². The third kappa shape index (κ3) is 3.86. The SMILES string of the molecule is O=C1S/C(=C\C=C\c2ccccc2)C(=O)N1Cc1ccccc1Br. The van der Waals surface area contributed by atoms with Crippen molar-refractivity contribution in [2.45, 2.75) is 6.54 Å². The Kier molecular flexibility index (Phi) is 5.33. The summed E-state index contributed by atoms with van der Waals surface area (Å²) < 4.78 is 0.886. The van der Waals surface area contributed by atoms with E-state index < -0.39 is 0 Å². The zero-order valence-corrected chi connectivity index (χ0v) is 15.1. The summed E-state index contributed by atoms with van der Waals surface area (Å²) in [6, 6.07) is 17.4. The molecule has 0 N–H and O–H groups in total. The lowest BCUT2D eigenvalue weighted by molar-refractivity contribution is -0.123. The van der Waals surface area contributed by atoms with Crippen LogP contribution in [-0.4, -0.2) is 16.0 Å². The molecule has 120 valence electrons. The smallest absolute Gasteiger partial charge is 0.268 e. The summed E-state index contributed by atoms with van der Waals surface area (Å²) in [4.78, 5) is 26.3. The number of allylic oxidation sites excluding steroid dienone is 2. The first-order valence-electron chi connectivity index (χ1n) is 7.35. The van der Waals surface area contributed by atoms with Crippen LogP contribution in [0.25, 0.3) is 6.08 Å². The van der Waals surface area contributed by atoms with E-state index in [0.29, 0.717) is 4.91 Å². The van der Waals surface area contributed by atoms with Crippen molar-refractivity contribution in [3.8, 4) is 0 Å². The fraction of sp³-hybridized carbons (Fsp3) is 0.0526. The van der Waals surface area contributed by atoms with Gasteiger partial charge in [-0.05, 0) is 35.0 Å². The first-order chi connectivity index (χ1) is 11.6. The summed E-state index contributed by atoms with van der Waals surface area (Å²) in [5.41, 5.74) is 1.95. The quantitative estimate of drug-likeness (QED) is 0.659. The van der Waals surface area contributed by atoms with Gasteiger partial charge in [-0.25, -0.2) is 0 Å². The molecular formula is C19H14BrNO2S. The molecule has 0 bridgehead atoms. The summed E-state index contributed by atoms with van der Waals surface area (Å²) in [5.74, 6) is -0.251. The molecule has 0 atom stereocenters. The molecule has 0 radical (unpaired) electrons. The number of amides is 2. The highest BCUT2D eigenvalue weighted by Gasteiger charge is 2.34. The second kappa shape index (κ2) is 7.64. The molecule has 2 aromatic carbocycles. The predicted octanol–water partition coefficient (Wildman–Crippen LogP) is 5.24. The molecule has 1 saturated heterocycles. The van der Waals surface area contributed by atoms with Crippen LogP contribution >= 0.6 is 27.7 Å². The Morgan fingerprint density at radius 2 is 1.71 bits per heavy atom. The van der Waals surface area contributed by atoms with Crippen molar-refractivity contribution in [1.29, 1.82) is 0 Å². The molecule has 5 heteroatoms. The van der Waals surface area contributed by atoms with Gasteiger partial charge in [-0.15, -0.1) is 0 Å². The standard InChI is InChI=1S/C19H14BrNO2S/c20-16-11-5-4-10-15(16)13-21-18(22)17(24-19(21)23)12-6-9-14-7-2-1-3-8-14/h1-12H,13H2/b9-6+,17-12-. The van der Waals surface area contributed by atoms with Gasteiger partial charge in [-0.2, -0.15) is 0 Å². The van der Waals surface area contributed by atoms with Crippen LogP contribution < -0.4 is 0 Å². The van der Waals surface area contributed by atoms with Crippen LogP contribution in [-0.2, 0) is 11.3 Å².